The number of carbonyl (C=O) groups excluding carboxylic acids is 1. The Kier molecular flexibility index (Phi) is 4.79. The van der Waals surface area contributed by atoms with E-state index in [0.717, 1.165) is 30.9 Å². The summed E-state index contributed by atoms with van der Waals surface area (Å²) in [6, 6.07) is 5.43. The van der Waals surface area contributed by atoms with Gasteiger partial charge in [0.05, 0.1) is 0 Å². The molecule has 0 atom stereocenters. The maximum absolute atomic E-state index is 11.0. The normalized spacial score (nSPS) is 10.1. The summed E-state index contributed by atoms with van der Waals surface area (Å²) in [5, 5.41) is 6.53. The molecule has 1 rings (SSSR count). The molecular formula is C12H19N3O. The second-order valence-corrected chi connectivity index (χ2v) is 3.67. The summed E-state index contributed by atoms with van der Waals surface area (Å²) in [5.41, 5.74) is 7.83. The quantitative estimate of drug-likeness (QED) is 0.630. The Bertz CT molecular complexity index is 363. The highest BCUT2D eigenvalue weighted by Gasteiger charge is 2.03. The lowest BCUT2D eigenvalue weighted by Gasteiger charge is -2.10. The Morgan fingerprint density at radius 1 is 1.38 bits per heavy atom. The van der Waals surface area contributed by atoms with E-state index in [2.05, 4.69) is 17.6 Å². The maximum atomic E-state index is 11.0. The van der Waals surface area contributed by atoms with E-state index in [1.165, 1.54) is 0 Å². The highest BCUT2D eigenvalue weighted by molar-refractivity contribution is 5.93. The third-order valence-electron chi connectivity index (χ3n) is 2.38. The van der Waals surface area contributed by atoms with Crippen molar-refractivity contribution in [2.24, 2.45) is 5.73 Å². The van der Waals surface area contributed by atoms with Crippen molar-refractivity contribution < 1.29 is 4.79 Å². The van der Waals surface area contributed by atoms with E-state index in [-0.39, 0.29) is 5.91 Å². The summed E-state index contributed by atoms with van der Waals surface area (Å²) in [6.07, 6.45) is 0. The minimum Gasteiger partial charge on any atom is -0.384 e. The number of anilines is 1. The number of likely N-dealkylation sites (N-methyl/N-ethyl adjacent to an activating group) is 1. The number of rotatable bonds is 6. The third-order valence-corrected chi connectivity index (χ3v) is 2.38. The fraction of sp³-hybridized carbons (Fsp3) is 0.417. The highest BCUT2D eigenvalue weighted by atomic mass is 16.1. The van der Waals surface area contributed by atoms with Crippen molar-refractivity contribution >= 4 is 11.6 Å². The standard InChI is InChI=1S/C12H19N3O/c1-3-14-6-7-15-11-5-4-10(12(13)16)8-9(11)2/h4-5,8,14-15H,3,6-7H2,1-2H3,(H2,13,16). The minimum absolute atomic E-state index is 0.387. The zero-order chi connectivity index (χ0) is 12.0. The van der Waals surface area contributed by atoms with Crippen LogP contribution in [-0.4, -0.2) is 25.5 Å². The highest BCUT2D eigenvalue weighted by Crippen LogP contribution is 2.15. The van der Waals surface area contributed by atoms with Crippen molar-refractivity contribution in [2.45, 2.75) is 13.8 Å². The Hall–Kier alpha value is -1.55. The third kappa shape index (κ3) is 3.55. The zero-order valence-corrected chi connectivity index (χ0v) is 9.84. The van der Waals surface area contributed by atoms with Crippen molar-refractivity contribution in [3.63, 3.8) is 0 Å². The summed E-state index contributed by atoms with van der Waals surface area (Å²) in [5.74, 6) is -0.387. The van der Waals surface area contributed by atoms with Crippen LogP contribution in [0.15, 0.2) is 18.2 Å². The first-order valence-corrected chi connectivity index (χ1v) is 5.50. The van der Waals surface area contributed by atoms with Crippen LogP contribution < -0.4 is 16.4 Å². The molecule has 1 aromatic rings. The predicted octanol–water partition coefficient (Wildman–Crippen LogP) is 1.12. The van der Waals surface area contributed by atoms with Crippen molar-refractivity contribution in [2.75, 3.05) is 25.0 Å². The van der Waals surface area contributed by atoms with E-state index in [0.29, 0.717) is 5.56 Å². The average molecular weight is 221 g/mol. The van der Waals surface area contributed by atoms with Gasteiger partial charge < -0.3 is 16.4 Å². The lowest BCUT2D eigenvalue weighted by atomic mass is 10.1. The lowest BCUT2D eigenvalue weighted by Crippen LogP contribution is -2.22. The molecule has 4 nitrogen and oxygen atoms in total. The van der Waals surface area contributed by atoms with Crippen LogP contribution in [0.3, 0.4) is 0 Å². The van der Waals surface area contributed by atoms with E-state index in [1.54, 1.807) is 12.1 Å². The number of amides is 1. The van der Waals surface area contributed by atoms with Gasteiger partial charge in [0.2, 0.25) is 5.91 Å². The molecule has 0 aliphatic heterocycles. The predicted molar refractivity (Wildman–Crippen MR) is 66.7 cm³/mol. The molecule has 0 unspecified atom stereocenters. The Balaban J connectivity index is 2.57. The Morgan fingerprint density at radius 3 is 2.69 bits per heavy atom. The van der Waals surface area contributed by atoms with Crippen molar-refractivity contribution in [1.82, 2.24) is 5.32 Å². The van der Waals surface area contributed by atoms with Crippen molar-refractivity contribution in [3.05, 3.63) is 29.3 Å². The first-order chi connectivity index (χ1) is 7.65. The second kappa shape index (κ2) is 6.12. The van der Waals surface area contributed by atoms with E-state index >= 15 is 0 Å². The molecule has 88 valence electrons. The van der Waals surface area contributed by atoms with Gasteiger partial charge in [-0.2, -0.15) is 0 Å². The van der Waals surface area contributed by atoms with Gasteiger partial charge in [-0.1, -0.05) is 6.92 Å². The molecule has 1 aromatic carbocycles. The van der Waals surface area contributed by atoms with Gasteiger partial charge in [0, 0.05) is 24.3 Å². The summed E-state index contributed by atoms with van der Waals surface area (Å²) >= 11 is 0. The van der Waals surface area contributed by atoms with Crippen molar-refractivity contribution in [1.29, 1.82) is 0 Å². The number of hydrogen-bond acceptors (Lipinski definition) is 3. The minimum atomic E-state index is -0.387. The topological polar surface area (TPSA) is 67.2 Å². The smallest absolute Gasteiger partial charge is 0.248 e. The molecule has 0 aliphatic rings. The molecule has 0 heterocycles. The Labute approximate surface area is 96.2 Å². The van der Waals surface area contributed by atoms with Gasteiger partial charge in [-0.15, -0.1) is 0 Å². The molecule has 0 aliphatic carbocycles. The molecule has 4 N–H and O–H groups in total. The fourth-order valence-electron chi connectivity index (χ4n) is 1.48. The fourth-order valence-corrected chi connectivity index (χ4v) is 1.48. The van der Waals surface area contributed by atoms with E-state index < -0.39 is 0 Å². The van der Waals surface area contributed by atoms with Gasteiger partial charge in [-0.05, 0) is 37.2 Å². The number of nitrogens with one attached hydrogen (secondary N) is 2. The van der Waals surface area contributed by atoms with Crippen molar-refractivity contribution in [3.8, 4) is 0 Å². The monoisotopic (exact) mass is 221 g/mol. The summed E-state index contributed by atoms with van der Waals surface area (Å²) in [4.78, 5) is 11.0. The molecule has 0 saturated carbocycles. The first-order valence-electron chi connectivity index (χ1n) is 5.50. The van der Waals surface area contributed by atoms with E-state index in [4.69, 9.17) is 5.73 Å². The largest absolute Gasteiger partial charge is 0.384 e. The zero-order valence-electron chi connectivity index (χ0n) is 9.84. The summed E-state index contributed by atoms with van der Waals surface area (Å²) in [7, 11) is 0. The van der Waals surface area contributed by atoms with Gasteiger partial charge in [-0.3, -0.25) is 4.79 Å². The number of primary amides is 1. The lowest BCUT2D eigenvalue weighted by molar-refractivity contribution is 0.1000. The number of benzene rings is 1. The molecule has 0 bridgehead atoms. The number of nitrogens with two attached hydrogens (primary N) is 1. The molecular weight excluding hydrogens is 202 g/mol. The van der Waals surface area contributed by atoms with Gasteiger partial charge in [0.15, 0.2) is 0 Å². The maximum Gasteiger partial charge on any atom is 0.248 e. The average Bonchev–Trinajstić information content (AvgIpc) is 2.26. The number of carbonyl (C=O) groups is 1. The van der Waals surface area contributed by atoms with Crippen LogP contribution in [0.5, 0.6) is 0 Å². The Morgan fingerprint density at radius 2 is 2.12 bits per heavy atom. The van der Waals surface area contributed by atoms with Crippen LogP contribution in [0.1, 0.15) is 22.8 Å². The number of aryl methyl sites for hydroxylation is 1. The van der Waals surface area contributed by atoms with Gasteiger partial charge >= 0.3 is 0 Å². The number of hydrogen-bond donors (Lipinski definition) is 3. The summed E-state index contributed by atoms with van der Waals surface area (Å²) < 4.78 is 0. The summed E-state index contributed by atoms with van der Waals surface area (Å²) in [6.45, 7) is 6.80. The van der Waals surface area contributed by atoms with Crippen LogP contribution in [-0.2, 0) is 0 Å². The van der Waals surface area contributed by atoms with Gasteiger partial charge in [-0.25, -0.2) is 0 Å². The molecule has 0 spiro atoms. The molecule has 0 saturated heterocycles. The van der Waals surface area contributed by atoms with Crippen LogP contribution in [0.2, 0.25) is 0 Å². The molecule has 4 heteroatoms. The first kappa shape index (κ1) is 12.5. The van der Waals surface area contributed by atoms with Gasteiger partial charge in [0.25, 0.3) is 0 Å². The molecule has 0 radical (unpaired) electrons. The van der Waals surface area contributed by atoms with Gasteiger partial charge in [0.1, 0.15) is 0 Å². The van der Waals surface area contributed by atoms with E-state index in [9.17, 15) is 4.79 Å². The second-order valence-electron chi connectivity index (χ2n) is 3.67. The molecule has 0 fully saturated rings. The van der Waals surface area contributed by atoms with E-state index in [1.807, 2.05) is 13.0 Å². The van der Waals surface area contributed by atoms with Crippen LogP contribution in [0, 0.1) is 6.92 Å². The molecule has 0 aromatic heterocycles. The van der Waals surface area contributed by atoms with Crippen LogP contribution in [0.25, 0.3) is 0 Å². The molecule has 1 amide bonds. The van der Waals surface area contributed by atoms with Crippen LogP contribution >= 0.6 is 0 Å². The molecule has 16 heavy (non-hydrogen) atoms. The SMILES string of the molecule is CCNCCNc1ccc(C(N)=O)cc1C. The van der Waals surface area contributed by atoms with Crippen LogP contribution in [0.4, 0.5) is 5.69 Å².